The summed E-state index contributed by atoms with van der Waals surface area (Å²) < 4.78 is 5.66. The smallest absolute Gasteiger partial charge is 0.261 e. The van der Waals surface area contributed by atoms with Gasteiger partial charge in [-0.2, -0.15) is 0 Å². The van der Waals surface area contributed by atoms with Crippen molar-refractivity contribution in [1.29, 1.82) is 0 Å². The summed E-state index contributed by atoms with van der Waals surface area (Å²) in [5.41, 5.74) is 1.11. The van der Waals surface area contributed by atoms with Crippen LogP contribution < -0.4 is 10.1 Å². The highest BCUT2D eigenvalue weighted by atomic mass is 16.5. The first-order valence-electron chi connectivity index (χ1n) is 5.79. The second kappa shape index (κ2) is 6.74. The highest BCUT2D eigenvalue weighted by Crippen LogP contribution is 2.15. The van der Waals surface area contributed by atoms with Crippen molar-refractivity contribution in [3.05, 3.63) is 42.5 Å². The lowest BCUT2D eigenvalue weighted by atomic mass is 10.2. The Morgan fingerprint density at radius 1 is 1.59 bits per heavy atom. The van der Waals surface area contributed by atoms with Gasteiger partial charge in [-0.3, -0.25) is 4.79 Å². The van der Waals surface area contributed by atoms with Gasteiger partial charge in [0.1, 0.15) is 5.75 Å². The fourth-order valence-electron chi connectivity index (χ4n) is 1.46. The molecule has 0 fully saturated rings. The lowest BCUT2D eigenvalue weighted by Crippen LogP contribution is -2.38. The Morgan fingerprint density at radius 3 is 2.94 bits per heavy atom. The van der Waals surface area contributed by atoms with E-state index in [9.17, 15) is 4.79 Å². The Labute approximate surface area is 102 Å². The van der Waals surface area contributed by atoms with E-state index in [1.165, 1.54) is 0 Å². The first kappa shape index (κ1) is 13.3. The summed E-state index contributed by atoms with van der Waals surface area (Å²) in [6.07, 6.45) is 1.84. The summed E-state index contributed by atoms with van der Waals surface area (Å²) in [5, 5.41) is 2.74. The number of carbonyl (C=O) groups is 1. The van der Waals surface area contributed by atoms with E-state index < -0.39 is 6.10 Å². The van der Waals surface area contributed by atoms with Gasteiger partial charge in [-0.15, -0.1) is 6.58 Å². The number of benzene rings is 1. The van der Waals surface area contributed by atoms with Gasteiger partial charge in [0.15, 0.2) is 6.10 Å². The van der Waals surface area contributed by atoms with E-state index in [0.29, 0.717) is 13.0 Å². The Bertz CT molecular complexity index is 388. The molecule has 0 saturated heterocycles. The molecule has 1 rings (SSSR count). The highest BCUT2D eigenvalue weighted by Gasteiger charge is 2.17. The van der Waals surface area contributed by atoms with Crippen LogP contribution in [0.25, 0.3) is 0 Å². The Balaban J connectivity index is 2.63. The van der Waals surface area contributed by atoms with Crippen molar-refractivity contribution in [1.82, 2.24) is 5.32 Å². The van der Waals surface area contributed by atoms with Gasteiger partial charge >= 0.3 is 0 Å². The van der Waals surface area contributed by atoms with Crippen LogP contribution in [0.15, 0.2) is 36.9 Å². The molecule has 3 heteroatoms. The SMILES string of the molecule is C=CCNC(=O)C(CC)Oc1cccc(C)c1. The molecule has 1 amide bonds. The molecule has 3 nitrogen and oxygen atoms in total. The normalized spacial score (nSPS) is 11.6. The van der Waals surface area contributed by atoms with Gasteiger partial charge in [-0.1, -0.05) is 25.1 Å². The molecule has 0 aromatic heterocycles. The van der Waals surface area contributed by atoms with Crippen LogP contribution in [0.2, 0.25) is 0 Å². The lowest BCUT2D eigenvalue weighted by molar-refractivity contribution is -0.127. The summed E-state index contributed by atoms with van der Waals surface area (Å²) >= 11 is 0. The minimum Gasteiger partial charge on any atom is -0.481 e. The summed E-state index contributed by atoms with van der Waals surface area (Å²) in [6.45, 7) is 7.94. The molecule has 0 aliphatic rings. The van der Waals surface area contributed by atoms with E-state index in [1.807, 2.05) is 38.1 Å². The first-order valence-corrected chi connectivity index (χ1v) is 5.79. The van der Waals surface area contributed by atoms with Crippen molar-refractivity contribution < 1.29 is 9.53 Å². The molecule has 1 aromatic carbocycles. The summed E-state index contributed by atoms with van der Waals surface area (Å²) in [6, 6.07) is 7.69. The molecule has 1 aromatic rings. The number of rotatable bonds is 6. The zero-order chi connectivity index (χ0) is 12.7. The molecule has 0 heterocycles. The van der Waals surface area contributed by atoms with Crippen LogP contribution in [0.4, 0.5) is 0 Å². The summed E-state index contributed by atoms with van der Waals surface area (Å²) in [5.74, 6) is 0.625. The van der Waals surface area contributed by atoms with Crippen molar-refractivity contribution in [2.75, 3.05) is 6.54 Å². The predicted octanol–water partition coefficient (Wildman–Crippen LogP) is 2.45. The zero-order valence-corrected chi connectivity index (χ0v) is 10.4. The fourth-order valence-corrected chi connectivity index (χ4v) is 1.46. The molecular formula is C14H19NO2. The maximum absolute atomic E-state index is 11.7. The maximum Gasteiger partial charge on any atom is 0.261 e. The summed E-state index contributed by atoms with van der Waals surface area (Å²) in [4.78, 5) is 11.7. The second-order valence-corrected chi connectivity index (χ2v) is 3.87. The van der Waals surface area contributed by atoms with Crippen molar-refractivity contribution in [3.8, 4) is 5.75 Å². The molecule has 0 radical (unpaired) electrons. The van der Waals surface area contributed by atoms with Crippen LogP contribution in [-0.2, 0) is 4.79 Å². The van der Waals surface area contributed by atoms with Crippen molar-refractivity contribution in [3.63, 3.8) is 0 Å². The van der Waals surface area contributed by atoms with Crippen molar-refractivity contribution in [2.24, 2.45) is 0 Å². The van der Waals surface area contributed by atoms with Gasteiger partial charge in [0.2, 0.25) is 0 Å². The average Bonchev–Trinajstić information content (AvgIpc) is 2.33. The van der Waals surface area contributed by atoms with E-state index in [-0.39, 0.29) is 5.91 Å². The number of carbonyl (C=O) groups excluding carboxylic acids is 1. The average molecular weight is 233 g/mol. The van der Waals surface area contributed by atoms with Crippen LogP contribution in [0.5, 0.6) is 5.75 Å². The number of hydrogen-bond acceptors (Lipinski definition) is 2. The Kier molecular flexibility index (Phi) is 5.27. The first-order chi connectivity index (χ1) is 8.17. The van der Waals surface area contributed by atoms with Gasteiger partial charge in [-0.25, -0.2) is 0 Å². The molecule has 92 valence electrons. The van der Waals surface area contributed by atoms with Crippen molar-refractivity contribution >= 4 is 5.91 Å². The fraction of sp³-hybridized carbons (Fsp3) is 0.357. The quantitative estimate of drug-likeness (QED) is 0.766. The molecule has 1 unspecified atom stereocenters. The molecule has 0 spiro atoms. The molecular weight excluding hydrogens is 214 g/mol. The number of nitrogens with one attached hydrogen (secondary N) is 1. The van der Waals surface area contributed by atoms with Crippen LogP contribution in [-0.4, -0.2) is 18.6 Å². The zero-order valence-electron chi connectivity index (χ0n) is 10.4. The minimum absolute atomic E-state index is 0.103. The third-order valence-electron chi connectivity index (χ3n) is 2.35. The Morgan fingerprint density at radius 2 is 2.35 bits per heavy atom. The maximum atomic E-state index is 11.7. The van der Waals surface area contributed by atoms with Gasteiger partial charge in [0.05, 0.1) is 0 Å². The number of amides is 1. The van der Waals surface area contributed by atoms with Gasteiger partial charge in [0, 0.05) is 6.54 Å². The van der Waals surface area contributed by atoms with E-state index in [2.05, 4.69) is 11.9 Å². The van der Waals surface area contributed by atoms with Crippen LogP contribution in [0, 0.1) is 6.92 Å². The second-order valence-electron chi connectivity index (χ2n) is 3.87. The molecule has 0 aliphatic heterocycles. The van der Waals surface area contributed by atoms with Crippen molar-refractivity contribution in [2.45, 2.75) is 26.4 Å². The minimum atomic E-state index is -0.447. The monoisotopic (exact) mass is 233 g/mol. The molecule has 17 heavy (non-hydrogen) atoms. The predicted molar refractivity (Wildman–Crippen MR) is 69.1 cm³/mol. The largest absolute Gasteiger partial charge is 0.481 e. The summed E-state index contributed by atoms with van der Waals surface area (Å²) in [7, 11) is 0. The standard InChI is InChI=1S/C14H19NO2/c1-4-9-15-14(16)13(5-2)17-12-8-6-7-11(3)10-12/h4,6-8,10,13H,1,5,9H2,2-3H3,(H,15,16). The van der Waals surface area contributed by atoms with E-state index in [4.69, 9.17) is 4.74 Å². The van der Waals surface area contributed by atoms with Gasteiger partial charge in [0.25, 0.3) is 5.91 Å². The Hall–Kier alpha value is -1.77. The highest BCUT2D eigenvalue weighted by molar-refractivity contribution is 5.81. The number of ether oxygens (including phenoxy) is 1. The van der Waals surface area contributed by atoms with Gasteiger partial charge < -0.3 is 10.1 Å². The molecule has 1 atom stereocenters. The lowest BCUT2D eigenvalue weighted by Gasteiger charge is -2.17. The molecule has 0 saturated carbocycles. The third-order valence-corrected chi connectivity index (χ3v) is 2.35. The van der Waals surface area contributed by atoms with Gasteiger partial charge in [-0.05, 0) is 31.0 Å². The van der Waals surface area contributed by atoms with E-state index in [1.54, 1.807) is 6.08 Å². The van der Waals surface area contributed by atoms with E-state index in [0.717, 1.165) is 11.3 Å². The topological polar surface area (TPSA) is 38.3 Å². The number of aryl methyl sites for hydroxylation is 1. The molecule has 1 N–H and O–H groups in total. The molecule has 0 bridgehead atoms. The molecule has 0 aliphatic carbocycles. The van der Waals surface area contributed by atoms with E-state index >= 15 is 0 Å². The van der Waals surface area contributed by atoms with Crippen LogP contribution >= 0.6 is 0 Å². The van der Waals surface area contributed by atoms with Crippen LogP contribution in [0.1, 0.15) is 18.9 Å². The number of hydrogen-bond donors (Lipinski definition) is 1. The van der Waals surface area contributed by atoms with Crippen LogP contribution in [0.3, 0.4) is 0 Å². The third kappa shape index (κ3) is 4.31.